The molecule has 160 valence electrons. The molecule has 2 N–H and O–H groups in total. The number of anilines is 1. The molecule has 1 unspecified atom stereocenters. The molecular weight excluding hydrogens is 406 g/mol. The van der Waals surface area contributed by atoms with Crippen LogP contribution in [-0.2, 0) is 0 Å². The number of nitrogens with one attached hydrogen (secondary N) is 2. The Balaban J connectivity index is 1.38. The number of benzene rings is 2. The summed E-state index contributed by atoms with van der Waals surface area (Å²) >= 11 is 0. The predicted octanol–water partition coefficient (Wildman–Crippen LogP) is 2.08. The molecule has 8 nitrogen and oxygen atoms in total. The normalized spacial score (nSPS) is 15.8. The Labute approximate surface area is 183 Å². The number of hydrogen-bond donors (Lipinski definition) is 2. The lowest BCUT2D eigenvalue weighted by atomic mass is 10.1. The SMILES string of the molecule is O=C(NC1CCN(c2ccccn2)C1)c1ccc2c(=O)n(-c3ccccc3)c(=O)[nH]c2c1. The van der Waals surface area contributed by atoms with E-state index in [2.05, 4.69) is 20.2 Å². The Morgan fingerprint density at radius 3 is 2.62 bits per heavy atom. The summed E-state index contributed by atoms with van der Waals surface area (Å²) in [5.74, 6) is 0.648. The quantitative estimate of drug-likeness (QED) is 0.520. The fourth-order valence-corrected chi connectivity index (χ4v) is 4.07. The van der Waals surface area contributed by atoms with Gasteiger partial charge < -0.3 is 15.2 Å². The minimum Gasteiger partial charge on any atom is -0.354 e. The Morgan fingerprint density at radius 1 is 1.03 bits per heavy atom. The van der Waals surface area contributed by atoms with Crippen molar-refractivity contribution in [3.05, 3.63) is 99.3 Å². The predicted molar refractivity (Wildman–Crippen MR) is 122 cm³/mol. The van der Waals surface area contributed by atoms with Crippen LogP contribution in [0.1, 0.15) is 16.8 Å². The highest BCUT2D eigenvalue weighted by molar-refractivity contribution is 5.97. The minimum atomic E-state index is -0.548. The number of hydrogen-bond acceptors (Lipinski definition) is 5. The number of aromatic amines is 1. The summed E-state index contributed by atoms with van der Waals surface area (Å²) in [5, 5.41) is 3.38. The number of carbonyl (C=O) groups is 1. The van der Waals surface area contributed by atoms with Gasteiger partial charge in [0, 0.05) is 30.9 Å². The molecule has 0 bridgehead atoms. The van der Waals surface area contributed by atoms with Crippen LogP contribution in [0, 0.1) is 0 Å². The molecule has 0 spiro atoms. The third kappa shape index (κ3) is 3.66. The average Bonchev–Trinajstić information content (AvgIpc) is 3.28. The van der Waals surface area contributed by atoms with Gasteiger partial charge in [-0.2, -0.15) is 0 Å². The number of fused-ring (bicyclic) bond motifs is 1. The van der Waals surface area contributed by atoms with E-state index in [1.165, 1.54) is 0 Å². The number of aromatic nitrogens is 3. The number of H-pyrrole nitrogens is 1. The molecule has 1 aliphatic rings. The molecule has 8 heteroatoms. The molecule has 0 saturated carbocycles. The zero-order chi connectivity index (χ0) is 22.1. The second-order valence-corrected chi connectivity index (χ2v) is 7.76. The third-order valence-electron chi connectivity index (χ3n) is 5.67. The Morgan fingerprint density at radius 2 is 1.84 bits per heavy atom. The smallest absolute Gasteiger partial charge is 0.333 e. The first-order valence-electron chi connectivity index (χ1n) is 10.4. The molecule has 0 radical (unpaired) electrons. The van der Waals surface area contributed by atoms with Crippen LogP contribution < -0.4 is 21.5 Å². The maximum Gasteiger partial charge on any atom is 0.333 e. The van der Waals surface area contributed by atoms with Crippen LogP contribution in [0.5, 0.6) is 0 Å². The van der Waals surface area contributed by atoms with E-state index in [9.17, 15) is 14.4 Å². The molecule has 32 heavy (non-hydrogen) atoms. The van der Waals surface area contributed by atoms with Crippen molar-refractivity contribution in [1.82, 2.24) is 19.9 Å². The van der Waals surface area contributed by atoms with E-state index in [-0.39, 0.29) is 11.9 Å². The van der Waals surface area contributed by atoms with Gasteiger partial charge in [0.25, 0.3) is 11.5 Å². The zero-order valence-electron chi connectivity index (χ0n) is 17.2. The Kier molecular flexibility index (Phi) is 5.03. The highest BCUT2D eigenvalue weighted by Gasteiger charge is 2.25. The first kappa shape index (κ1) is 19.7. The molecule has 1 atom stereocenters. The van der Waals surface area contributed by atoms with Crippen LogP contribution in [0.4, 0.5) is 5.82 Å². The monoisotopic (exact) mass is 427 g/mol. The minimum absolute atomic E-state index is 0.00895. The lowest BCUT2D eigenvalue weighted by molar-refractivity contribution is 0.0940. The number of amides is 1. The van der Waals surface area contributed by atoms with E-state index in [0.717, 1.165) is 23.4 Å². The summed E-state index contributed by atoms with van der Waals surface area (Å²) in [7, 11) is 0. The molecule has 2 aromatic carbocycles. The number of pyridine rings is 1. The van der Waals surface area contributed by atoms with Crippen LogP contribution in [0.2, 0.25) is 0 Å². The van der Waals surface area contributed by atoms with E-state index >= 15 is 0 Å². The molecule has 1 amide bonds. The van der Waals surface area contributed by atoms with E-state index in [1.54, 1.807) is 48.7 Å². The molecule has 1 fully saturated rings. The van der Waals surface area contributed by atoms with Crippen molar-refractivity contribution in [1.29, 1.82) is 0 Å². The van der Waals surface area contributed by atoms with Gasteiger partial charge in [-0.25, -0.2) is 14.3 Å². The molecule has 1 aliphatic heterocycles. The molecule has 5 rings (SSSR count). The van der Waals surface area contributed by atoms with Crippen molar-refractivity contribution in [2.24, 2.45) is 0 Å². The van der Waals surface area contributed by atoms with Crippen LogP contribution in [0.3, 0.4) is 0 Å². The van der Waals surface area contributed by atoms with Crippen molar-refractivity contribution >= 4 is 22.6 Å². The van der Waals surface area contributed by atoms with Gasteiger partial charge in [0.05, 0.1) is 16.6 Å². The summed E-state index contributed by atoms with van der Waals surface area (Å²) in [5.41, 5.74) is 0.237. The first-order chi connectivity index (χ1) is 15.6. The number of rotatable bonds is 4. The van der Waals surface area contributed by atoms with E-state index in [1.807, 2.05) is 24.3 Å². The lowest BCUT2D eigenvalue weighted by Crippen LogP contribution is -2.37. The third-order valence-corrected chi connectivity index (χ3v) is 5.67. The fourth-order valence-electron chi connectivity index (χ4n) is 4.07. The van der Waals surface area contributed by atoms with Crippen LogP contribution in [-0.4, -0.2) is 39.6 Å². The van der Waals surface area contributed by atoms with Gasteiger partial charge >= 0.3 is 5.69 Å². The van der Waals surface area contributed by atoms with Crippen molar-refractivity contribution < 1.29 is 4.79 Å². The number of carbonyl (C=O) groups excluding carboxylic acids is 1. The maximum absolute atomic E-state index is 12.9. The van der Waals surface area contributed by atoms with Crippen LogP contribution >= 0.6 is 0 Å². The Hall–Kier alpha value is -4.20. The van der Waals surface area contributed by atoms with E-state index in [4.69, 9.17) is 0 Å². The molecule has 1 saturated heterocycles. The maximum atomic E-state index is 12.9. The fraction of sp³-hybridized carbons (Fsp3) is 0.167. The van der Waals surface area contributed by atoms with Crippen LogP contribution in [0.15, 0.2) is 82.5 Å². The largest absolute Gasteiger partial charge is 0.354 e. The van der Waals surface area contributed by atoms with Gasteiger partial charge in [-0.05, 0) is 48.9 Å². The van der Waals surface area contributed by atoms with Crippen molar-refractivity contribution in [2.75, 3.05) is 18.0 Å². The molecule has 0 aliphatic carbocycles. The molecule has 4 aromatic rings. The van der Waals surface area contributed by atoms with Crippen molar-refractivity contribution in [3.63, 3.8) is 0 Å². The number of para-hydroxylation sites is 1. The highest BCUT2D eigenvalue weighted by Crippen LogP contribution is 2.18. The summed E-state index contributed by atoms with van der Waals surface area (Å²) in [6.45, 7) is 1.49. The summed E-state index contributed by atoms with van der Waals surface area (Å²) in [6, 6.07) is 19.2. The van der Waals surface area contributed by atoms with Gasteiger partial charge in [0.15, 0.2) is 0 Å². The zero-order valence-corrected chi connectivity index (χ0v) is 17.2. The standard InChI is InChI=1S/C24H21N5O3/c30-22(26-17-11-13-28(15-17)21-8-4-5-12-25-21)16-9-10-19-20(14-16)27-24(32)29(23(19)31)18-6-2-1-3-7-18/h1-10,12,14,17H,11,13,15H2,(H,26,30)(H,27,32). The molecule has 2 aromatic heterocycles. The summed E-state index contributed by atoms with van der Waals surface area (Å²) in [6.07, 6.45) is 2.57. The second kappa shape index (κ2) is 8.14. The number of nitrogens with zero attached hydrogens (tertiary/aromatic N) is 3. The van der Waals surface area contributed by atoms with Gasteiger partial charge in [0.2, 0.25) is 0 Å². The van der Waals surface area contributed by atoms with Crippen LogP contribution in [0.25, 0.3) is 16.6 Å². The highest BCUT2D eigenvalue weighted by atomic mass is 16.2. The molecular formula is C24H21N5O3. The summed E-state index contributed by atoms with van der Waals surface area (Å²) < 4.78 is 1.09. The Bertz CT molecular complexity index is 1400. The van der Waals surface area contributed by atoms with Gasteiger partial charge in [-0.15, -0.1) is 0 Å². The van der Waals surface area contributed by atoms with Crippen molar-refractivity contribution in [2.45, 2.75) is 12.5 Å². The van der Waals surface area contributed by atoms with E-state index < -0.39 is 11.2 Å². The topological polar surface area (TPSA) is 100 Å². The first-order valence-corrected chi connectivity index (χ1v) is 10.4. The van der Waals surface area contributed by atoms with E-state index in [0.29, 0.717) is 28.7 Å². The van der Waals surface area contributed by atoms with Crippen molar-refractivity contribution in [3.8, 4) is 5.69 Å². The van der Waals surface area contributed by atoms with Gasteiger partial charge in [0.1, 0.15) is 5.82 Å². The molecule has 3 heterocycles. The lowest BCUT2D eigenvalue weighted by Gasteiger charge is -2.17. The summed E-state index contributed by atoms with van der Waals surface area (Å²) in [4.78, 5) is 47.5. The van der Waals surface area contributed by atoms with Gasteiger partial charge in [-0.3, -0.25) is 9.59 Å². The second-order valence-electron chi connectivity index (χ2n) is 7.76. The average molecular weight is 427 g/mol. The van der Waals surface area contributed by atoms with Gasteiger partial charge in [-0.1, -0.05) is 24.3 Å².